The van der Waals surface area contributed by atoms with E-state index in [9.17, 15) is 9.90 Å². The molecule has 0 bridgehead atoms. The molecule has 0 unspecified atom stereocenters. The van der Waals surface area contributed by atoms with Crippen LogP contribution in [0.4, 0.5) is 0 Å². The summed E-state index contributed by atoms with van der Waals surface area (Å²) in [4.78, 5) is 13.4. The van der Waals surface area contributed by atoms with E-state index >= 15 is 0 Å². The highest BCUT2D eigenvalue weighted by Gasteiger charge is 2.45. The van der Waals surface area contributed by atoms with E-state index in [2.05, 4.69) is 26.8 Å². The van der Waals surface area contributed by atoms with E-state index in [1.165, 1.54) is 5.57 Å². The van der Waals surface area contributed by atoms with Gasteiger partial charge in [0.2, 0.25) is 0 Å². The van der Waals surface area contributed by atoms with E-state index in [4.69, 9.17) is 4.74 Å². The fourth-order valence-electron chi connectivity index (χ4n) is 5.27. The minimum absolute atomic E-state index is 0.104. The highest BCUT2D eigenvalue weighted by atomic mass is 16.5. The Morgan fingerprint density at radius 3 is 2.70 bits per heavy atom. The van der Waals surface area contributed by atoms with Gasteiger partial charge in [-0.1, -0.05) is 54.1 Å². The summed E-state index contributed by atoms with van der Waals surface area (Å²) in [6, 6.07) is 17.1. The minimum Gasteiger partial charge on any atom is -0.507 e. The second-order valence-corrected chi connectivity index (χ2v) is 9.17. The summed E-state index contributed by atoms with van der Waals surface area (Å²) in [5.74, 6) is 1.21. The lowest BCUT2D eigenvalue weighted by Crippen LogP contribution is -2.45. The standard InChI is InChI=1S/C27H26O3/c1-16-11-12-22-21(13-16)25-23(28)14-18(15-24(25)30-27(22,2)3)26(29)20-10-6-8-17-7-4-5-9-19(17)20/h4-11,14-15,21-22,28H,12-13H2,1-3H3/t21-,22-/m1/s1. The second kappa shape index (κ2) is 6.73. The summed E-state index contributed by atoms with van der Waals surface area (Å²) >= 11 is 0. The van der Waals surface area contributed by atoms with Gasteiger partial charge in [-0.2, -0.15) is 0 Å². The molecule has 0 spiro atoms. The predicted molar refractivity (Wildman–Crippen MR) is 119 cm³/mol. The van der Waals surface area contributed by atoms with Crippen LogP contribution in [0.5, 0.6) is 11.5 Å². The molecule has 0 saturated carbocycles. The van der Waals surface area contributed by atoms with Gasteiger partial charge in [-0.3, -0.25) is 4.79 Å². The van der Waals surface area contributed by atoms with Gasteiger partial charge in [0, 0.05) is 28.5 Å². The molecule has 3 nitrogen and oxygen atoms in total. The Morgan fingerprint density at radius 1 is 1.10 bits per heavy atom. The van der Waals surface area contributed by atoms with Crippen molar-refractivity contribution in [2.75, 3.05) is 0 Å². The number of fused-ring (bicyclic) bond motifs is 4. The van der Waals surface area contributed by atoms with Crippen LogP contribution in [-0.2, 0) is 0 Å². The number of benzene rings is 3. The summed E-state index contributed by atoms with van der Waals surface area (Å²) in [6.45, 7) is 6.37. The molecule has 2 aliphatic rings. The number of carbonyl (C=O) groups is 1. The highest BCUT2D eigenvalue weighted by molar-refractivity contribution is 6.16. The number of phenols is 1. The van der Waals surface area contributed by atoms with E-state index < -0.39 is 0 Å². The molecule has 1 heterocycles. The molecule has 152 valence electrons. The van der Waals surface area contributed by atoms with Gasteiger partial charge in [0.1, 0.15) is 17.1 Å². The first-order chi connectivity index (χ1) is 14.3. The molecule has 1 aliphatic carbocycles. The Morgan fingerprint density at radius 2 is 1.87 bits per heavy atom. The molecular formula is C27H26O3. The maximum Gasteiger partial charge on any atom is 0.193 e. The maximum atomic E-state index is 13.4. The van der Waals surface area contributed by atoms with E-state index in [1.807, 2.05) is 48.5 Å². The molecule has 30 heavy (non-hydrogen) atoms. The number of aromatic hydroxyl groups is 1. The number of ether oxygens (including phenoxy) is 1. The lowest BCUT2D eigenvalue weighted by atomic mass is 9.67. The van der Waals surface area contributed by atoms with Gasteiger partial charge >= 0.3 is 0 Å². The van der Waals surface area contributed by atoms with E-state index in [0.29, 0.717) is 22.8 Å². The summed E-state index contributed by atoms with van der Waals surface area (Å²) in [5.41, 5.74) is 2.93. The van der Waals surface area contributed by atoms with Gasteiger partial charge < -0.3 is 9.84 Å². The largest absolute Gasteiger partial charge is 0.507 e. The van der Waals surface area contributed by atoms with Crippen molar-refractivity contribution in [1.82, 2.24) is 0 Å². The van der Waals surface area contributed by atoms with E-state index in [-0.39, 0.29) is 23.1 Å². The van der Waals surface area contributed by atoms with Crippen LogP contribution in [0.25, 0.3) is 10.8 Å². The Bertz CT molecular complexity index is 1200. The summed E-state index contributed by atoms with van der Waals surface area (Å²) in [6.07, 6.45) is 4.14. The number of hydrogen-bond donors (Lipinski definition) is 1. The Hall–Kier alpha value is -3.07. The van der Waals surface area contributed by atoms with Crippen molar-refractivity contribution in [2.45, 2.75) is 45.1 Å². The number of hydrogen-bond acceptors (Lipinski definition) is 3. The Kier molecular flexibility index (Phi) is 4.25. The normalized spacial score (nSPS) is 21.9. The van der Waals surface area contributed by atoms with Crippen LogP contribution in [0.15, 0.2) is 66.2 Å². The zero-order valence-electron chi connectivity index (χ0n) is 17.6. The molecule has 0 fully saturated rings. The maximum absolute atomic E-state index is 13.4. The molecule has 1 aliphatic heterocycles. The van der Waals surface area contributed by atoms with Crippen molar-refractivity contribution in [3.8, 4) is 11.5 Å². The molecule has 0 aromatic heterocycles. The zero-order valence-corrected chi connectivity index (χ0v) is 17.6. The molecule has 2 atom stereocenters. The smallest absolute Gasteiger partial charge is 0.193 e. The van der Waals surface area contributed by atoms with E-state index in [1.54, 1.807) is 6.07 Å². The van der Waals surface area contributed by atoms with Crippen LogP contribution in [-0.4, -0.2) is 16.5 Å². The fraction of sp³-hybridized carbons (Fsp3) is 0.296. The van der Waals surface area contributed by atoms with Gasteiger partial charge in [0.05, 0.1) is 0 Å². The third-order valence-electron chi connectivity index (χ3n) is 6.80. The predicted octanol–water partition coefficient (Wildman–Crippen LogP) is 6.39. The van der Waals surface area contributed by atoms with Crippen molar-refractivity contribution in [2.24, 2.45) is 5.92 Å². The SMILES string of the molecule is CC1=CC[C@@H]2[C@@H](C1)c1c(O)cc(C(=O)c3cccc4ccccc34)cc1OC2(C)C. The van der Waals surface area contributed by atoms with Crippen molar-refractivity contribution in [3.63, 3.8) is 0 Å². The Labute approximate surface area is 177 Å². The first-order valence-corrected chi connectivity index (χ1v) is 10.6. The average molecular weight is 399 g/mol. The molecule has 0 saturated heterocycles. The monoisotopic (exact) mass is 398 g/mol. The third-order valence-corrected chi connectivity index (χ3v) is 6.80. The van der Waals surface area contributed by atoms with Gasteiger partial charge in [-0.15, -0.1) is 0 Å². The Balaban J connectivity index is 1.62. The lowest BCUT2D eigenvalue weighted by Gasteiger charge is -2.47. The van der Waals surface area contributed by atoms with Gasteiger partial charge in [-0.05, 0) is 56.5 Å². The van der Waals surface area contributed by atoms with Crippen LogP contribution < -0.4 is 4.74 Å². The quantitative estimate of drug-likeness (QED) is 0.402. The highest BCUT2D eigenvalue weighted by Crippen LogP contribution is 2.54. The fourth-order valence-corrected chi connectivity index (χ4v) is 5.27. The van der Waals surface area contributed by atoms with Crippen molar-refractivity contribution >= 4 is 16.6 Å². The molecule has 3 heteroatoms. The first kappa shape index (κ1) is 18.9. The second-order valence-electron chi connectivity index (χ2n) is 9.17. The minimum atomic E-state index is -0.359. The number of allylic oxidation sites excluding steroid dienone is 2. The molecule has 0 radical (unpaired) electrons. The molecule has 3 aromatic rings. The van der Waals surface area contributed by atoms with Crippen molar-refractivity contribution in [3.05, 3.63) is 82.9 Å². The van der Waals surface area contributed by atoms with Crippen LogP contribution in [0.3, 0.4) is 0 Å². The van der Waals surface area contributed by atoms with Gasteiger partial charge in [-0.25, -0.2) is 0 Å². The molecule has 0 amide bonds. The van der Waals surface area contributed by atoms with Crippen LogP contribution in [0.2, 0.25) is 0 Å². The number of rotatable bonds is 2. The van der Waals surface area contributed by atoms with Crippen LogP contribution in [0.1, 0.15) is 61.0 Å². The zero-order chi connectivity index (χ0) is 21.0. The first-order valence-electron chi connectivity index (χ1n) is 10.6. The van der Waals surface area contributed by atoms with Crippen molar-refractivity contribution < 1.29 is 14.6 Å². The summed E-state index contributed by atoms with van der Waals surface area (Å²) in [7, 11) is 0. The lowest BCUT2D eigenvalue weighted by molar-refractivity contribution is 0.00752. The van der Waals surface area contributed by atoms with Crippen LogP contribution in [0, 0.1) is 5.92 Å². The molecule has 3 aromatic carbocycles. The van der Waals surface area contributed by atoms with E-state index in [0.717, 1.165) is 29.2 Å². The number of ketones is 1. The third kappa shape index (κ3) is 2.92. The number of carbonyl (C=O) groups excluding carboxylic acids is 1. The van der Waals surface area contributed by atoms with Crippen molar-refractivity contribution in [1.29, 1.82) is 0 Å². The molecule has 1 N–H and O–H groups in total. The van der Waals surface area contributed by atoms with Crippen LogP contribution >= 0.6 is 0 Å². The molecular weight excluding hydrogens is 372 g/mol. The average Bonchev–Trinajstić information content (AvgIpc) is 2.71. The summed E-state index contributed by atoms with van der Waals surface area (Å²) in [5, 5.41) is 12.9. The molecule has 5 rings (SSSR count). The number of phenolic OH excluding ortho intramolecular Hbond substituents is 1. The topological polar surface area (TPSA) is 46.5 Å². The van der Waals surface area contributed by atoms with Gasteiger partial charge in [0.25, 0.3) is 0 Å². The summed E-state index contributed by atoms with van der Waals surface area (Å²) < 4.78 is 6.38. The van der Waals surface area contributed by atoms with Gasteiger partial charge in [0.15, 0.2) is 5.78 Å².